The monoisotopic (exact) mass is 212 g/mol. The SMILES string of the molecule is Cc1cc(O)cc(-c2cccc(C)c2C)c1. The van der Waals surface area contributed by atoms with E-state index in [4.69, 9.17) is 0 Å². The van der Waals surface area contributed by atoms with E-state index in [1.165, 1.54) is 16.7 Å². The maximum atomic E-state index is 9.62. The molecule has 0 aliphatic rings. The van der Waals surface area contributed by atoms with Gasteiger partial charge in [-0.2, -0.15) is 0 Å². The predicted molar refractivity (Wildman–Crippen MR) is 67.8 cm³/mol. The number of benzene rings is 2. The van der Waals surface area contributed by atoms with E-state index in [1.54, 1.807) is 6.07 Å². The first-order chi connectivity index (χ1) is 7.58. The Kier molecular flexibility index (Phi) is 2.69. The lowest BCUT2D eigenvalue weighted by molar-refractivity contribution is 0.475. The third-order valence-electron chi connectivity index (χ3n) is 2.98. The van der Waals surface area contributed by atoms with Crippen molar-refractivity contribution in [2.75, 3.05) is 0 Å². The zero-order valence-corrected chi connectivity index (χ0v) is 9.91. The molecule has 0 fully saturated rings. The molecule has 1 nitrogen and oxygen atoms in total. The Morgan fingerprint density at radius 2 is 1.69 bits per heavy atom. The van der Waals surface area contributed by atoms with Crippen LogP contribution in [-0.2, 0) is 0 Å². The number of rotatable bonds is 1. The van der Waals surface area contributed by atoms with Gasteiger partial charge in [0, 0.05) is 0 Å². The lowest BCUT2D eigenvalue weighted by atomic mass is 9.96. The van der Waals surface area contributed by atoms with E-state index in [2.05, 4.69) is 38.1 Å². The Morgan fingerprint density at radius 1 is 0.938 bits per heavy atom. The fraction of sp³-hybridized carbons (Fsp3) is 0.200. The second kappa shape index (κ2) is 4.01. The Balaban J connectivity index is 2.63. The summed E-state index contributed by atoms with van der Waals surface area (Å²) >= 11 is 0. The lowest BCUT2D eigenvalue weighted by Crippen LogP contribution is -1.87. The highest BCUT2D eigenvalue weighted by Crippen LogP contribution is 2.29. The van der Waals surface area contributed by atoms with Gasteiger partial charge in [-0.15, -0.1) is 0 Å². The van der Waals surface area contributed by atoms with Crippen molar-refractivity contribution < 1.29 is 5.11 Å². The van der Waals surface area contributed by atoms with Crippen LogP contribution in [0.1, 0.15) is 16.7 Å². The summed E-state index contributed by atoms with van der Waals surface area (Å²) in [4.78, 5) is 0. The first-order valence-corrected chi connectivity index (χ1v) is 5.45. The smallest absolute Gasteiger partial charge is 0.116 e. The van der Waals surface area contributed by atoms with Crippen LogP contribution in [0.2, 0.25) is 0 Å². The molecule has 0 saturated carbocycles. The molecule has 0 spiro atoms. The molecule has 1 heteroatoms. The highest BCUT2D eigenvalue weighted by atomic mass is 16.3. The first-order valence-electron chi connectivity index (χ1n) is 5.45. The van der Waals surface area contributed by atoms with Crippen LogP contribution in [0.15, 0.2) is 36.4 Å². The van der Waals surface area contributed by atoms with E-state index in [1.807, 2.05) is 13.0 Å². The van der Waals surface area contributed by atoms with E-state index in [0.717, 1.165) is 11.1 Å². The van der Waals surface area contributed by atoms with E-state index in [0.29, 0.717) is 5.75 Å². The van der Waals surface area contributed by atoms with E-state index < -0.39 is 0 Å². The molecule has 0 saturated heterocycles. The molecule has 0 aliphatic heterocycles. The van der Waals surface area contributed by atoms with Crippen LogP contribution in [0.25, 0.3) is 11.1 Å². The van der Waals surface area contributed by atoms with Crippen LogP contribution >= 0.6 is 0 Å². The Bertz CT molecular complexity index is 507. The third kappa shape index (κ3) is 1.94. The minimum atomic E-state index is 0.330. The second-order valence-electron chi connectivity index (χ2n) is 4.30. The summed E-state index contributed by atoms with van der Waals surface area (Å²) in [5.41, 5.74) is 5.90. The topological polar surface area (TPSA) is 20.2 Å². The Morgan fingerprint density at radius 3 is 2.38 bits per heavy atom. The number of aromatic hydroxyl groups is 1. The van der Waals surface area contributed by atoms with Crippen molar-refractivity contribution in [2.24, 2.45) is 0 Å². The molecule has 0 aromatic heterocycles. The van der Waals surface area contributed by atoms with E-state index in [9.17, 15) is 5.11 Å². The molecule has 0 unspecified atom stereocenters. The molecule has 0 atom stereocenters. The summed E-state index contributed by atoms with van der Waals surface area (Å²) in [6.07, 6.45) is 0. The van der Waals surface area contributed by atoms with Crippen molar-refractivity contribution in [1.29, 1.82) is 0 Å². The number of hydrogen-bond acceptors (Lipinski definition) is 1. The van der Waals surface area contributed by atoms with Gasteiger partial charge in [-0.05, 0) is 60.7 Å². The van der Waals surface area contributed by atoms with Crippen LogP contribution in [0.4, 0.5) is 0 Å². The normalized spacial score (nSPS) is 10.4. The predicted octanol–water partition coefficient (Wildman–Crippen LogP) is 3.98. The van der Waals surface area contributed by atoms with Gasteiger partial charge in [-0.3, -0.25) is 0 Å². The highest BCUT2D eigenvalue weighted by Gasteiger charge is 2.05. The Hall–Kier alpha value is -1.76. The third-order valence-corrected chi connectivity index (χ3v) is 2.98. The molecule has 0 aliphatic carbocycles. The molecule has 2 aromatic carbocycles. The van der Waals surface area contributed by atoms with Crippen molar-refractivity contribution in [3.05, 3.63) is 53.1 Å². The molecule has 82 valence electrons. The Labute approximate surface area is 96.4 Å². The van der Waals surface area contributed by atoms with Crippen LogP contribution in [0, 0.1) is 20.8 Å². The van der Waals surface area contributed by atoms with Gasteiger partial charge >= 0.3 is 0 Å². The van der Waals surface area contributed by atoms with Gasteiger partial charge in [-0.25, -0.2) is 0 Å². The minimum Gasteiger partial charge on any atom is -0.508 e. The van der Waals surface area contributed by atoms with Crippen LogP contribution < -0.4 is 0 Å². The van der Waals surface area contributed by atoms with Crippen LogP contribution in [0.5, 0.6) is 5.75 Å². The fourth-order valence-electron chi connectivity index (χ4n) is 1.98. The zero-order valence-electron chi connectivity index (χ0n) is 9.91. The van der Waals surface area contributed by atoms with Crippen LogP contribution in [-0.4, -0.2) is 5.11 Å². The van der Waals surface area contributed by atoms with Gasteiger partial charge in [0.25, 0.3) is 0 Å². The summed E-state index contributed by atoms with van der Waals surface area (Å²) in [7, 11) is 0. The van der Waals surface area contributed by atoms with Gasteiger partial charge in [0.05, 0.1) is 0 Å². The van der Waals surface area contributed by atoms with Crippen LogP contribution in [0.3, 0.4) is 0 Å². The largest absolute Gasteiger partial charge is 0.508 e. The lowest BCUT2D eigenvalue weighted by Gasteiger charge is -2.10. The molecular formula is C15H16O. The van der Waals surface area contributed by atoms with Gasteiger partial charge in [-0.1, -0.05) is 24.3 Å². The summed E-state index contributed by atoms with van der Waals surface area (Å²) in [5, 5.41) is 9.62. The fourth-order valence-corrected chi connectivity index (χ4v) is 1.98. The molecule has 0 radical (unpaired) electrons. The number of phenols is 1. The average Bonchev–Trinajstić information content (AvgIpc) is 2.20. The maximum Gasteiger partial charge on any atom is 0.116 e. The van der Waals surface area contributed by atoms with Gasteiger partial charge in [0.1, 0.15) is 5.75 Å². The van der Waals surface area contributed by atoms with Crippen molar-refractivity contribution in [3.63, 3.8) is 0 Å². The first kappa shape index (κ1) is 10.7. The zero-order chi connectivity index (χ0) is 11.7. The summed E-state index contributed by atoms with van der Waals surface area (Å²) in [6.45, 7) is 6.22. The van der Waals surface area contributed by atoms with E-state index >= 15 is 0 Å². The summed E-state index contributed by atoms with van der Waals surface area (Å²) in [6, 6.07) is 11.9. The van der Waals surface area contributed by atoms with Crippen molar-refractivity contribution in [1.82, 2.24) is 0 Å². The average molecular weight is 212 g/mol. The summed E-state index contributed by atoms with van der Waals surface area (Å²) < 4.78 is 0. The van der Waals surface area contributed by atoms with Crippen molar-refractivity contribution in [2.45, 2.75) is 20.8 Å². The van der Waals surface area contributed by atoms with E-state index in [-0.39, 0.29) is 0 Å². The number of hydrogen-bond donors (Lipinski definition) is 1. The number of phenolic OH excluding ortho intramolecular Hbond substituents is 1. The highest BCUT2D eigenvalue weighted by molar-refractivity contribution is 5.70. The maximum absolute atomic E-state index is 9.62. The molecule has 0 amide bonds. The molecule has 2 rings (SSSR count). The second-order valence-corrected chi connectivity index (χ2v) is 4.30. The molecule has 0 heterocycles. The quantitative estimate of drug-likeness (QED) is 0.758. The standard InChI is InChI=1S/C15H16O/c1-10-7-13(9-14(16)8-10)15-6-4-5-11(2)12(15)3/h4-9,16H,1-3H3. The van der Waals surface area contributed by atoms with Crippen molar-refractivity contribution in [3.8, 4) is 16.9 Å². The summed E-state index contributed by atoms with van der Waals surface area (Å²) in [5.74, 6) is 0.330. The molecule has 16 heavy (non-hydrogen) atoms. The van der Waals surface area contributed by atoms with Gasteiger partial charge < -0.3 is 5.11 Å². The molecule has 2 aromatic rings. The van der Waals surface area contributed by atoms with Crippen molar-refractivity contribution >= 4 is 0 Å². The van der Waals surface area contributed by atoms with Gasteiger partial charge in [0.2, 0.25) is 0 Å². The molecule has 1 N–H and O–H groups in total. The van der Waals surface area contributed by atoms with Gasteiger partial charge in [0.15, 0.2) is 0 Å². The number of aryl methyl sites for hydroxylation is 2. The minimum absolute atomic E-state index is 0.330. The molecular weight excluding hydrogens is 196 g/mol. The molecule has 0 bridgehead atoms.